The zero-order valence-corrected chi connectivity index (χ0v) is 23.4. The van der Waals surface area contributed by atoms with Gasteiger partial charge in [0, 0.05) is 23.3 Å². The molecule has 1 amide bonds. The van der Waals surface area contributed by atoms with Crippen molar-refractivity contribution in [3.63, 3.8) is 0 Å². The fourth-order valence-electron chi connectivity index (χ4n) is 4.07. The van der Waals surface area contributed by atoms with Gasteiger partial charge in [-0.15, -0.1) is 5.10 Å². The normalized spacial score (nSPS) is 11.2. The van der Waals surface area contributed by atoms with Gasteiger partial charge in [0.1, 0.15) is 11.4 Å². The van der Waals surface area contributed by atoms with Crippen LogP contribution in [0.1, 0.15) is 27.3 Å². The number of ether oxygens (including phenoxy) is 1. The summed E-state index contributed by atoms with van der Waals surface area (Å²) in [5, 5.41) is 45.4. The van der Waals surface area contributed by atoms with Crippen molar-refractivity contribution < 1.29 is 24.0 Å². The minimum atomic E-state index is -0.787. The third-order valence-electron chi connectivity index (χ3n) is 6.23. The highest BCUT2D eigenvalue weighted by Crippen LogP contribution is 2.29. The molecule has 0 aliphatic rings. The average molecular weight is 623 g/mol. The summed E-state index contributed by atoms with van der Waals surface area (Å²) in [6, 6.07) is 10.3. The van der Waals surface area contributed by atoms with E-state index in [0.29, 0.717) is 28.1 Å². The number of nitrogen functional groups attached to an aromatic ring is 1. The quantitative estimate of drug-likeness (QED) is 0.129. The van der Waals surface area contributed by atoms with Crippen molar-refractivity contribution in [2.24, 2.45) is 5.10 Å². The van der Waals surface area contributed by atoms with E-state index in [1.165, 1.54) is 42.3 Å². The number of hydrogen-bond acceptors (Lipinski definition) is 14. The minimum absolute atomic E-state index is 0.0454. The van der Waals surface area contributed by atoms with Crippen LogP contribution in [0.4, 0.5) is 17.3 Å². The molecule has 3 aromatic heterocycles. The van der Waals surface area contributed by atoms with Gasteiger partial charge in [-0.25, -0.2) is 10.1 Å². The third-order valence-corrected chi connectivity index (χ3v) is 6.67. The summed E-state index contributed by atoms with van der Waals surface area (Å²) in [7, 11) is 1.47. The number of rotatable bonds is 10. The molecule has 44 heavy (non-hydrogen) atoms. The van der Waals surface area contributed by atoms with Crippen molar-refractivity contribution in [3.8, 4) is 22.8 Å². The highest BCUT2D eigenvalue weighted by molar-refractivity contribution is 6.33. The number of halogens is 1. The zero-order valence-electron chi connectivity index (χ0n) is 22.6. The summed E-state index contributed by atoms with van der Waals surface area (Å²) < 4.78 is 12.4. The molecule has 20 heteroatoms. The molecular weight excluding hydrogens is 604 g/mol. The Morgan fingerprint density at radius 1 is 1.18 bits per heavy atom. The monoisotopic (exact) mass is 622 g/mol. The maximum Gasteiger partial charge on any atom is 0.408 e. The summed E-state index contributed by atoms with van der Waals surface area (Å²) in [4.78, 5) is 34.4. The Morgan fingerprint density at radius 3 is 2.55 bits per heavy atom. The van der Waals surface area contributed by atoms with E-state index in [1.54, 1.807) is 25.1 Å². The van der Waals surface area contributed by atoms with Crippen molar-refractivity contribution in [2.75, 3.05) is 12.8 Å². The van der Waals surface area contributed by atoms with Crippen LogP contribution in [-0.4, -0.2) is 64.2 Å². The molecule has 5 aromatic rings. The number of benzene rings is 2. The number of nitro benzene ring substituents is 1. The Bertz CT molecular complexity index is 1930. The van der Waals surface area contributed by atoms with E-state index in [0.717, 1.165) is 4.68 Å². The molecule has 19 nitrogen and oxygen atoms in total. The van der Waals surface area contributed by atoms with E-state index in [-0.39, 0.29) is 40.3 Å². The molecule has 0 saturated carbocycles. The van der Waals surface area contributed by atoms with Gasteiger partial charge in [0.25, 0.3) is 11.6 Å². The lowest BCUT2D eigenvalue weighted by molar-refractivity contribution is -0.389. The molecule has 0 atom stereocenters. The summed E-state index contributed by atoms with van der Waals surface area (Å²) in [6.45, 7) is 1.69. The van der Waals surface area contributed by atoms with E-state index in [4.69, 9.17) is 22.1 Å². The Balaban J connectivity index is 1.43. The molecule has 2 aromatic carbocycles. The molecule has 0 aliphatic heterocycles. The van der Waals surface area contributed by atoms with E-state index in [1.807, 2.05) is 0 Å². The molecule has 0 radical (unpaired) electrons. The molecule has 3 heterocycles. The molecule has 0 fully saturated rings. The number of hydrogen-bond donors (Lipinski definition) is 2. The molecule has 0 aliphatic carbocycles. The predicted octanol–water partition coefficient (Wildman–Crippen LogP) is 2.70. The first-order valence-electron chi connectivity index (χ1n) is 12.3. The third kappa shape index (κ3) is 5.61. The number of nitro groups is 2. The van der Waals surface area contributed by atoms with Crippen molar-refractivity contribution in [1.82, 2.24) is 40.5 Å². The van der Waals surface area contributed by atoms with Crippen LogP contribution in [0.3, 0.4) is 0 Å². The molecular formula is C24H19ClN12O7. The summed E-state index contributed by atoms with van der Waals surface area (Å²) in [5.41, 5.74) is 9.75. The van der Waals surface area contributed by atoms with Gasteiger partial charge in [-0.1, -0.05) is 16.8 Å². The number of methoxy groups -OCH3 is 1. The summed E-state index contributed by atoms with van der Waals surface area (Å²) >= 11 is 6.07. The Labute approximate surface area is 250 Å². The number of carbonyl (C=O) groups is 1. The first-order valence-corrected chi connectivity index (χ1v) is 12.6. The van der Waals surface area contributed by atoms with E-state index >= 15 is 0 Å². The highest BCUT2D eigenvalue weighted by Gasteiger charge is 2.27. The molecule has 5 rings (SSSR count). The van der Waals surface area contributed by atoms with Crippen LogP contribution < -0.4 is 15.9 Å². The maximum absolute atomic E-state index is 13.4. The second-order valence-electron chi connectivity index (χ2n) is 8.88. The molecule has 0 saturated heterocycles. The molecule has 0 spiro atoms. The molecule has 3 N–H and O–H groups in total. The predicted molar refractivity (Wildman–Crippen MR) is 152 cm³/mol. The van der Waals surface area contributed by atoms with Crippen LogP contribution >= 0.6 is 11.6 Å². The van der Waals surface area contributed by atoms with Crippen molar-refractivity contribution in [1.29, 1.82) is 0 Å². The van der Waals surface area contributed by atoms with Crippen LogP contribution in [-0.2, 0) is 6.54 Å². The van der Waals surface area contributed by atoms with Crippen LogP contribution in [0.15, 0.2) is 52.2 Å². The zero-order chi connectivity index (χ0) is 31.5. The molecule has 0 unspecified atom stereocenters. The number of amides is 1. The molecule has 0 bridgehead atoms. The SMILES string of the molecule is COc1ccc(/C=N/NC(=O)c2c(-c3ccc([N+](=O)[O-])cc3)nnn2-c2nonc2N)cc1Cn1nc([N+](=O)[O-])c(Cl)c1C. The first kappa shape index (κ1) is 29.3. The van der Waals surface area contributed by atoms with Gasteiger partial charge < -0.3 is 20.6 Å². The number of nitrogens with two attached hydrogens (primary N) is 1. The number of nitrogens with zero attached hydrogens (tertiary/aromatic N) is 10. The lowest BCUT2D eigenvalue weighted by Crippen LogP contribution is -2.22. The van der Waals surface area contributed by atoms with Crippen LogP contribution in [0.25, 0.3) is 17.1 Å². The number of anilines is 1. The van der Waals surface area contributed by atoms with Gasteiger partial charge in [-0.3, -0.25) is 14.9 Å². The second kappa shape index (κ2) is 11.9. The highest BCUT2D eigenvalue weighted by atomic mass is 35.5. The van der Waals surface area contributed by atoms with Crippen LogP contribution in [0.2, 0.25) is 5.02 Å². The van der Waals surface area contributed by atoms with Gasteiger partial charge in [0.2, 0.25) is 11.6 Å². The lowest BCUT2D eigenvalue weighted by Gasteiger charge is -2.09. The fourth-order valence-corrected chi connectivity index (χ4v) is 4.27. The van der Waals surface area contributed by atoms with Gasteiger partial charge in [-0.05, 0) is 58.1 Å². The van der Waals surface area contributed by atoms with Crippen molar-refractivity contribution in [2.45, 2.75) is 13.5 Å². The van der Waals surface area contributed by atoms with Gasteiger partial charge in [0.15, 0.2) is 10.7 Å². The van der Waals surface area contributed by atoms with Crippen LogP contribution in [0.5, 0.6) is 5.75 Å². The van der Waals surface area contributed by atoms with E-state index in [9.17, 15) is 25.0 Å². The second-order valence-corrected chi connectivity index (χ2v) is 9.26. The Kier molecular flexibility index (Phi) is 7.94. The van der Waals surface area contributed by atoms with E-state index in [2.05, 4.69) is 40.9 Å². The maximum atomic E-state index is 13.4. The van der Waals surface area contributed by atoms with E-state index < -0.39 is 21.6 Å². The smallest absolute Gasteiger partial charge is 0.408 e. The van der Waals surface area contributed by atoms with Crippen molar-refractivity contribution in [3.05, 3.63) is 90.2 Å². The standard InChI is InChI=1S/C24H19ClN12O7/c1-12-18(25)22(37(41)42)30-34(12)11-15-9-13(3-8-17(15)43-2)10-27-29-24(38)20-19(14-4-6-16(7-5-14)36(39)40)28-33-35(20)23-21(26)31-44-32-23/h3-10H,11H2,1-2H3,(H2,26,31)(H,29,38)/b27-10+. The molecule has 224 valence electrons. The topological polar surface area (TPSA) is 250 Å². The largest absolute Gasteiger partial charge is 0.496 e. The summed E-state index contributed by atoms with van der Waals surface area (Å²) in [6.07, 6.45) is 1.35. The number of non-ortho nitro benzene ring substituents is 1. The fraction of sp³-hybridized carbons (Fsp3) is 0.125. The van der Waals surface area contributed by atoms with Crippen LogP contribution in [0, 0.1) is 27.2 Å². The number of hydrazone groups is 1. The Morgan fingerprint density at radius 2 is 1.93 bits per heavy atom. The van der Waals surface area contributed by atoms with Gasteiger partial charge in [-0.2, -0.15) is 14.5 Å². The van der Waals surface area contributed by atoms with Gasteiger partial charge in [0.05, 0.1) is 35.6 Å². The minimum Gasteiger partial charge on any atom is -0.496 e. The average Bonchev–Trinajstić information content (AvgIpc) is 3.71. The number of carbonyl (C=O) groups excluding carboxylic acids is 1. The van der Waals surface area contributed by atoms with Crippen molar-refractivity contribution >= 4 is 41.0 Å². The number of nitrogens with one attached hydrogen (secondary N) is 1. The number of aromatic nitrogens is 7. The Hall–Kier alpha value is -6.24. The lowest BCUT2D eigenvalue weighted by atomic mass is 10.1. The summed E-state index contributed by atoms with van der Waals surface area (Å²) in [5.74, 6) is -1.07. The first-order chi connectivity index (χ1) is 21.1. The van der Waals surface area contributed by atoms with Gasteiger partial charge >= 0.3 is 5.82 Å².